The standard InChI is InChI=1S/C26H31N2O2/c1-5-26(3,25(29)30-4)18-20(2)22-8-6-21(7-9-22)19-28-16-12-24(13-17-28)23-10-14-27-15-11-23/h6-17,20H,5,18-19H2,1-4H3/q+1. The van der Waals surface area contributed by atoms with Gasteiger partial charge in [-0.2, -0.15) is 0 Å². The first-order valence-electron chi connectivity index (χ1n) is 10.5. The summed E-state index contributed by atoms with van der Waals surface area (Å²) in [6, 6.07) is 17.0. The van der Waals surface area contributed by atoms with Gasteiger partial charge in [0.25, 0.3) is 0 Å². The van der Waals surface area contributed by atoms with Crippen molar-refractivity contribution in [1.82, 2.24) is 4.98 Å². The molecule has 0 aliphatic rings. The third-order valence-electron chi connectivity index (χ3n) is 6.03. The number of pyridine rings is 2. The Balaban J connectivity index is 1.65. The molecule has 0 aliphatic heterocycles. The van der Waals surface area contributed by atoms with Crippen molar-refractivity contribution in [3.8, 4) is 11.1 Å². The molecule has 30 heavy (non-hydrogen) atoms. The fraction of sp³-hybridized carbons (Fsp3) is 0.346. The molecule has 3 rings (SSSR count). The van der Waals surface area contributed by atoms with Crippen molar-refractivity contribution in [2.24, 2.45) is 5.41 Å². The fourth-order valence-corrected chi connectivity index (χ4v) is 3.87. The zero-order valence-corrected chi connectivity index (χ0v) is 18.3. The third-order valence-corrected chi connectivity index (χ3v) is 6.03. The van der Waals surface area contributed by atoms with Gasteiger partial charge in [-0.15, -0.1) is 0 Å². The number of carbonyl (C=O) groups is 1. The van der Waals surface area contributed by atoms with E-state index in [1.165, 1.54) is 29.4 Å². The number of aromatic nitrogens is 2. The van der Waals surface area contributed by atoms with E-state index in [2.05, 4.69) is 65.3 Å². The zero-order chi connectivity index (χ0) is 21.6. The lowest BCUT2D eigenvalue weighted by Crippen LogP contribution is -2.33. The van der Waals surface area contributed by atoms with Gasteiger partial charge in [0, 0.05) is 30.1 Å². The van der Waals surface area contributed by atoms with E-state index in [-0.39, 0.29) is 11.9 Å². The van der Waals surface area contributed by atoms with Gasteiger partial charge in [-0.25, -0.2) is 4.57 Å². The van der Waals surface area contributed by atoms with Gasteiger partial charge in [-0.05, 0) is 54.5 Å². The van der Waals surface area contributed by atoms with Crippen molar-refractivity contribution in [2.45, 2.75) is 46.1 Å². The summed E-state index contributed by atoms with van der Waals surface area (Å²) in [6.45, 7) is 7.04. The van der Waals surface area contributed by atoms with E-state index in [4.69, 9.17) is 4.74 Å². The highest BCUT2D eigenvalue weighted by molar-refractivity contribution is 5.76. The lowest BCUT2D eigenvalue weighted by molar-refractivity contribution is -0.688. The summed E-state index contributed by atoms with van der Waals surface area (Å²) in [6.07, 6.45) is 9.39. The molecule has 2 aromatic heterocycles. The molecule has 0 N–H and O–H groups in total. The normalized spacial score (nSPS) is 14.0. The van der Waals surface area contributed by atoms with Crippen LogP contribution in [-0.4, -0.2) is 18.1 Å². The van der Waals surface area contributed by atoms with Crippen molar-refractivity contribution in [3.05, 3.63) is 84.4 Å². The molecule has 0 saturated carbocycles. The van der Waals surface area contributed by atoms with E-state index >= 15 is 0 Å². The minimum absolute atomic E-state index is 0.125. The number of nitrogens with zero attached hydrogens (tertiary/aromatic N) is 2. The van der Waals surface area contributed by atoms with Crippen molar-refractivity contribution >= 4 is 5.97 Å². The second-order valence-electron chi connectivity index (χ2n) is 8.25. The van der Waals surface area contributed by atoms with Crippen LogP contribution in [0.25, 0.3) is 11.1 Å². The van der Waals surface area contributed by atoms with Gasteiger partial charge in [0.05, 0.1) is 12.5 Å². The van der Waals surface area contributed by atoms with Gasteiger partial charge < -0.3 is 4.74 Å². The summed E-state index contributed by atoms with van der Waals surface area (Å²) in [7, 11) is 1.47. The number of benzene rings is 1. The van der Waals surface area contributed by atoms with Gasteiger partial charge in [0.15, 0.2) is 18.9 Å². The predicted octanol–water partition coefficient (Wildman–Crippen LogP) is 5.17. The minimum Gasteiger partial charge on any atom is -0.469 e. The summed E-state index contributed by atoms with van der Waals surface area (Å²) in [4.78, 5) is 16.2. The summed E-state index contributed by atoms with van der Waals surface area (Å²) in [5, 5.41) is 0. The molecule has 0 saturated heterocycles. The second kappa shape index (κ2) is 9.66. The number of rotatable bonds is 8. The topological polar surface area (TPSA) is 43.1 Å². The monoisotopic (exact) mass is 403 g/mol. The van der Waals surface area contributed by atoms with Crippen LogP contribution in [0.2, 0.25) is 0 Å². The Labute approximate surface area is 179 Å². The largest absolute Gasteiger partial charge is 0.469 e. The molecule has 4 heteroatoms. The SMILES string of the molecule is CCC(C)(CC(C)c1ccc(C[n+]2ccc(-c3ccncc3)cc2)cc1)C(=O)OC. The molecular formula is C26H31N2O2+. The van der Waals surface area contributed by atoms with E-state index in [0.717, 1.165) is 19.4 Å². The summed E-state index contributed by atoms with van der Waals surface area (Å²) >= 11 is 0. The molecule has 0 bridgehead atoms. The number of hydrogen-bond acceptors (Lipinski definition) is 3. The summed E-state index contributed by atoms with van der Waals surface area (Å²) < 4.78 is 7.20. The first-order chi connectivity index (χ1) is 14.4. The molecule has 2 atom stereocenters. The average molecular weight is 404 g/mol. The van der Waals surface area contributed by atoms with Crippen LogP contribution >= 0.6 is 0 Å². The van der Waals surface area contributed by atoms with Crippen LogP contribution in [0.4, 0.5) is 0 Å². The number of carbonyl (C=O) groups excluding carboxylic acids is 1. The van der Waals surface area contributed by atoms with E-state index in [1.807, 2.05) is 38.4 Å². The Morgan fingerprint density at radius 2 is 1.63 bits per heavy atom. The molecule has 3 aromatic rings. The van der Waals surface area contributed by atoms with Gasteiger partial charge >= 0.3 is 5.97 Å². The number of hydrogen-bond donors (Lipinski definition) is 0. The molecule has 0 spiro atoms. The maximum atomic E-state index is 12.2. The van der Waals surface area contributed by atoms with Crippen LogP contribution < -0.4 is 4.57 Å². The van der Waals surface area contributed by atoms with Gasteiger partial charge in [0.1, 0.15) is 0 Å². The number of methoxy groups -OCH3 is 1. The molecule has 0 amide bonds. The quantitative estimate of drug-likeness (QED) is 0.385. The third kappa shape index (κ3) is 5.12. The van der Waals surface area contributed by atoms with Crippen molar-refractivity contribution in [2.75, 3.05) is 7.11 Å². The van der Waals surface area contributed by atoms with Crippen LogP contribution in [0.5, 0.6) is 0 Å². The maximum absolute atomic E-state index is 12.2. The smallest absolute Gasteiger partial charge is 0.311 e. The Hall–Kier alpha value is -3.01. The average Bonchev–Trinajstić information content (AvgIpc) is 2.80. The van der Waals surface area contributed by atoms with Crippen LogP contribution in [0.15, 0.2) is 73.3 Å². The predicted molar refractivity (Wildman–Crippen MR) is 119 cm³/mol. The first kappa shape index (κ1) is 21.7. The van der Waals surface area contributed by atoms with Crippen LogP contribution in [-0.2, 0) is 16.1 Å². The zero-order valence-electron chi connectivity index (χ0n) is 18.3. The minimum atomic E-state index is -0.445. The Kier molecular flexibility index (Phi) is 6.99. The second-order valence-corrected chi connectivity index (χ2v) is 8.25. The number of esters is 1. The highest BCUT2D eigenvalue weighted by atomic mass is 16.5. The van der Waals surface area contributed by atoms with E-state index in [9.17, 15) is 4.79 Å². The molecule has 2 heterocycles. The lowest BCUT2D eigenvalue weighted by Gasteiger charge is -2.28. The van der Waals surface area contributed by atoms with Crippen molar-refractivity contribution in [3.63, 3.8) is 0 Å². The van der Waals surface area contributed by atoms with Crippen LogP contribution in [0.3, 0.4) is 0 Å². The molecule has 0 radical (unpaired) electrons. The Morgan fingerprint density at radius 3 is 2.20 bits per heavy atom. The molecule has 1 aromatic carbocycles. The summed E-state index contributed by atoms with van der Waals surface area (Å²) in [5.74, 6) is 0.162. The van der Waals surface area contributed by atoms with Gasteiger partial charge in [0.2, 0.25) is 0 Å². The molecular weight excluding hydrogens is 372 g/mol. The van der Waals surface area contributed by atoms with E-state index in [1.54, 1.807) is 0 Å². The van der Waals surface area contributed by atoms with Crippen molar-refractivity contribution < 1.29 is 14.1 Å². The lowest BCUT2D eigenvalue weighted by atomic mass is 9.77. The highest BCUT2D eigenvalue weighted by Crippen LogP contribution is 2.35. The molecule has 4 nitrogen and oxygen atoms in total. The van der Waals surface area contributed by atoms with Crippen molar-refractivity contribution in [1.29, 1.82) is 0 Å². The van der Waals surface area contributed by atoms with E-state index < -0.39 is 5.41 Å². The molecule has 156 valence electrons. The summed E-state index contributed by atoms with van der Waals surface area (Å²) in [5.41, 5.74) is 4.40. The molecule has 2 unspecified atom stereocenters. The van der Waals surface area contributed by atoms with Crippen LogP contribution in [0, 0.1) is 5.41 Å². The fourth-order valence-electron chi connectivity index (χ4n) is 3.87. The molecule has 0 aliphatic carbocycles. The Morgan fingerprint density at radius 1 is 1.03 bits per heavy atom. The first-order valence-corrected chi connectivity index (χ1v) is 10.5. The highest BCUT2D eigenvalue weighted by Gasteiger charge is 2.34. The van der Waals surface area contributed by atoms with Gasteiger partial charge in [-0.3, -0.25) is 9.78 Å². The van der Waals surface area contributed by atoms with E-state index in [0.29, 0.717) is 0 Å². The molecule has 0 fully saturated rings. The Bertz CT molecular complexity index is 953. The van der Waals surface area contributed by atoms with Crippen LogP contribution in [0.1, 0.15) is 50.7 Å². The van der Waals surface area contributed by atoms with Gasteiger partial charge in [-0.1, -0.05) is 38.1 Å². The number of ether oxygens (including phenoxy) is 1. The maximum Gasteiger partial charge on any atom is 0.311 e.